The lowest BCUT2D eigenvalue weighted by molar-refractivity contribution is -0.132. The van der Waals surface area contributed by atoms with Crippen molar-refractivity contribution in [3.05, 3.63) is 88.1 Å². The maximum Gasteiger partial charge on any atom is 0.223 e. The van der Waals surface area contributed by atoms with Crippen molar-refractivity contribution < 1.29 is 24.5 Å². The topological polar surface area (TPSA) is 111 Å². The lowest BCUT2D eigenvalue weighted by Gasteiger charge is -2.29. The van der Waals surface area contributed by atoms with Gasteiger partial charge in [0.2, 0.25) is 5.91 Å². The molecule has 36 heavy (non-hydrogen) atoms. The van der Waals surface area contributed by atoms with Crippen LogP contribution in [-0.2, 0) is 4.79 Å². The molecule has 4 aromatic rings. The first-order chi connectivity index (χ1) is 17.4. The van der Waals surface area contributed by atoms with Crippen LogP contribution < -0.4 is 5.43 Å². The lowest BCUT2D eigenvalue weighted by Crippen LogP contribution is -2.36. The van der Waals surface area contributed by atoms with Crippen molar-refractivity contribution in [3.63, 3.8) is 0 Å². The fourth-order valence-electron chi connectivity index (χ4n) is 4.94. The number of rotatable bonds is 5. The van der Waals surface area contributed by atoms with E-state index in [4.69, 9.17) is 4.42 Å². The molecule has 2 heterocycles. The van der Waals surface area contributed by atoms with Crippen LogP contribution in [0.2, 0.25) is 0 Å². The highest BCUT2D eigenvalue weighted by atomic mass is 16.3. The van der Waals surface area contributed by atoms with Crippen molar-refractivity contribution >= 4 is 16.9 Å². The van der Waals surface area contributed by atoms with Crippen LogP contribution in [0.25, 0.3) is 22.3 Å². The van der Waals surface area contributed by atoms with Gasteiger partial charge in [0.25, 0.3) is 0 Å². The van der Waals surface area contributed by atoms with E-state index >= 15 is 0 Å². The summed E-state index contributed by atoms with van der Waals surface area (Å²) in [6, 6.07) is 17.9. The van der Waals surface area contributed by atoms with Crippen molar-refractivity contribution in [1.29, 1.82) is 0 Å². The van der Waals surface area contributed by atoms with E-state index in [2.05, 4.69) is 0 Å². The van der Waals surface area contributed by atoms with Crippen LogP contribution in [0.4, 0.5) is 0 Å². The second kappa shape index (κ2) is 9.77. The van der Waals surface area contributed by atoms with Gasteiger partial charge in [0, 0.05) is 48.7 Å². The minimum absolute atomic E-state index is 0.0253. The minimum Gasteiger partial charge on any atom is -0.508 e. The van der Waals surface area contributed by atoms with E-state index in [1.54, 1.807) is 24.3 Å². The Morgan fingerprint density at radius 1 is 0.889 bits per heavy atom. The maximum atomic E-state index is 13.3. The molecular formula is C29H27NO6. The maximum absolute atomic E-state index is 13.3. The number of hydrogen-bond acceptors (Lipinski definition) is 6. The molecular weight excluding hydrogens is 458 g/mol. The van der Waals surface area contributed by atoms with Crippen LogP contribution in [0.15, 0.2) is 75.9 Å². The molecule has 1 aliphatic heterocycles. The molecule has 0 aliphatic carbocycles. The van der Waals surface area contributed by atoms with Gasteiger partial charge in [-0.3, -0.25) is 9.59 Å². The number of phenols is 3. The molecule has 1 amide bonds. The number of hydrogen-bond donors (Lipinski definition) is 3. The average Bonchev–Trinajstić information content (AvgIpc) is 2.89. The van der Waals surface area contributed by atoms with Crippen LogP contribution in [0, 0.1) is 0 Å². The Balaban J connectivity index is 1.71. The Bertz CT molecular complexity index is 1450. The third-order valence-electron chi connectivity index (χ3n) is 6.79. The largest absolute Gasteiger partial charge is 0.508 e. The normalized spacial score (nSPS) is 14.6. The molecule has 184 valence electrons. The standard InChI is InChI=1S/C29H27NO6/c31-20-11-9-18(10-12-20)21(15-26(35)30-13-5-2-6-14-30)27-22(32)16-23(33)28-24(34)17-25(36-29(27)28)19-7-3-1-4-8-19/h1,3-4,7-12,16-17,21,31-33H,2,5-6,13-15H2/t21-/m1/s1. The number of carbonyl (C=O) groups excluding carboxylic acids is 1. The molecule has 1 fully saturated rings. The summed E-state index contributed by atoms with van der Waals surface area (Å²) >= 11 is 0. The summed E-state index contributed by atoms with van der Waals surface area (Å²) in [4.78, 5) is 28.3. The molecule has 1 saturated heterocycles. The fourth-order valence-corrected chi connectivity index (χ4v) is 4.94. The van der Waals surface area contributed by atoms with Gasteiger partial charge in [-0.2, -0.15) is 0 Å². The van der Waals surface area contributed by atoms with Gasteiger partial charge in [0.1, 0.15) is 34.0 Å². The fraction of sp³-hybridized carbons (Fsp3) is 0.241. The summed E-state index contributed by atoms with van der Waals surface area (Å²) in [5, 5.41) is 31.4. The molecule has 0 bridgehead atoms. The van der Waals surface area contributed by atoms with Gasteiger partial charge in [0.05, 0.1) is 0 Å². The summed E-state index contributed by atoms with van der Waals surface area (Å²) in [6.45, 7) is 1.35. The minimum atomic E-state index is -0.683. The Morgan fingerprint density at radius 2 is 1.58 bits per heavy atom. The smallest absolute Gasteiger partial charge is 0.223 e. The highest BCUT2D eigenvalue weighted by molar-refractivity contribution is 5.91. The molecule has 1 atom stereocenters. The van der Waals surface area contributed by atoms with E-state index in [1.807, 2.05) is 23.1 Å². The van der Waals surface area contributed by atoms with E-state index in [9.17, 15) is 24.9 Å². The predicted molar refractivity (Wildman–Crippen MR) is 136 cm³/mol. The van der Waals surface area contributed by atoms with Crippen molar-refractivity contribution in [2.24, 2.45) is 0 Å². The molecule has 0 saturated carbocycles. The number of amides is 1. The number of nitrogens with zero attached hydrogens (tertiary/aromatic N) is 1. The summed E-state index contributed by atoms with van der Waals surface area (Å²) in [5.74, 6) is -1.08. The molecule has 0 unspecified atom stereocenters. The number of benzene rings is 3. The molecule has 3 N–H and O–H groups in total. The van der Waals surface area contributed by atoms with Crippen LogP contribution in [0.1, 0.15) is 42.7 Å². The molecule has 1 aliphatic rings. The molecule has 3 aromatic carbocycles. The van der Waals surface area contributed by atoms with Crippen molar-refractivity contribution in [1.82, 2.24) is 4.90 Å². The Labute approximate surface area is 207 Å². The second-order valence-corrected chi connectivity index (χ2v) is 9.16. The van der Waals surface area contributed by atoms with Crippen molar-refractivity contribution in [2.75, 3.05) is 13.1 Å². The van der Waals surface area contributed by atoms with E-state index in [0.29, 0.717) is 24.2 Å². The van der Waals surface area contributed by atoms with E-state index in [0.717, 1.165) is 25.3 Å². The Kier molecular flexibility index (Phi) is 6.38. The van der Waals surface area contributed by atoms with E-state index in [-0.39, 0.29) is 46.1 Å². The highest BCUT2D eigenvalue weighted by Gasteiger charge is 2.30. The Hall–Kier alpha value is -4.26. The highest BCUT2D eigenvalue weighted by Crippen LogP contribution is 2.43. The third-order valence-corrected chi connectivity index (χ3v) is 6.79. The monoisotopic (exact) mass is 485 g/mol. The first-order valence-corrected chi connectivity index (χ1v) is 12.1. The van der Waals surface area contributed by atoms with Crippen molar-refractivity contribution in [2.45, 2.75) is 31.6 Å². The average molecular weight is 486 g/mol. The molecule has 0 radical (unpaired) electrons. The van der Waals surface area contributed by atoms with Crippen LogP contribution >= 0.6 is 0 Å². The first-order valence-electron chi connectivity index (χ1n) is 12.1. The number of carbonyl (C=O) groups is 1. The van der Waals surface area contributed by atoms with Crippen LogP contribution in [-0.4, -0.2) is 39.2 Å². The summed E-state index contributed by atoms with van der Waals surface area (Å²) in [5.41, 5.74) is 1.14. The molecule has 7 nitrogen and oxygen atoms in total. The van der Waals surface area contributed by atoms with Crippen molar-refractivity contribution in [3.8, 4) is 28.6 Å². The third kappa shape index (κ3) is 4.52. The van der Waals surface area contributed by atoms with E-state index in [1.165, 1.54) is 18.2 Å². The van der Waals surface area contributed by atoms with Gasteiger partial charge in [-0.15, -0.1) is 0 Å². The predicted octanol–water partition coefficient (Wildman–Crippen LogP) is 5.11. The second-order valence-electron chi connectivity index (χ2n) is 9.16. The van der Waals surface area contributed by atoms with Crippen LogP contribution in [0.3, 0.4) is 0 Å². The first kappa shape index (κ1) is 23.5. The van der Waals surface area contributed by atoms with E-state index < -0.39 is 17.1 Å². The van der Waals surface area contributed by atoms with Gasteiger partial charge < -0.3 is 24.6 Å². The van der Waals surface area contributed by atoms with Gasteiger partial charge in [0.15, 0.2) is 5.43 Å². The van der Waals surface area contributed by atoms with Gasteiger partial charge >= 0.3 is 0 Å². The van der Waals surface area contributed by atoms with Gasteiger partial charge in [-0.25, -0.2) is 0 Å². The number of phenolic OH excluding ortho intramolecular Hbond substituents is 3. The SMILES string of the molecule is O=C(C[C@H](c1ccc(O)cc1)c1c(O)cc(O)c2c(=O)cc(-c3ccccc3)oc12)N1CCCCC1. The number of fused-ring (bicyclic) bond motifs is 1. The van der Waals surface area contributed by atoms with Crippen LogP contribution in [0.5, 0.6) is 17.2 Å². The molecule has 1 aromatic heterocycles. The zero-order chi connectivity index (χ0) is 25.2. The zero-order valence-electron chi connectivity index (χ0n) is 19.7. The zero-order valence-corrected chi connectivity index (χ0v) is 19.7. The number of piperidine rings is 1. The molecule has 5 rings (SSSR count). The number of aromatic hydroxyl groups is 3. The van der Waals surface area contributed by atoms with Gasteiger partial charge in [-0.05, 0) is 37.0 Å². The summed E-state index contributed by atoms with van der Waals surface area (Å²) in [7, 11) is 0. The lowest BCUT2D eigenvalue weighted by atomic mass is 9.85. The number of likely N-dealkylation sites (tertiary alicyclic amines) is 1. The Morgan fingerprint density at radius 3 is 2.28 bits per heavy atom. The summed E-state index contributed by atoms with van der Waals surface area (Å²) in [6.07, 6.45) is 3.00. The quantitative estimate of drug-likeness (QED) is 0.362. The van der Waals surface area contributed by atoms with Gasteiger partial charge in [-0.1, -0.05) is 42.5 Å². The molecule has 0 spiro atoms. The summed E-state index contributed by atoms with van der Waals surface area (Å²) < 4.78 is 6.18. The molecule has 7 heteroatoms.